The Morgan fingerprint density at radius 2 is 1.90 bits per heavy atom. The molecule has 0 atom stereocenters. The standard InChI is InChI=1S/C13H14N4O3/c14-13(18)12-11(9-3-1-2-4-10(9)20-12)16-5-7-17(15-19)8-6-16/h1-4H,5-8H2,(H2,14,18). The molecule has 0 radical (unpaired) electrons. The topological polar surface area (TPSA) is 92.1 Å². The number of para-hydroxylation sites is 1. The summed E-state index contributed by atoms with van der Waals surface area (Å²) in [5.41, 5.74) is 6.74. The first-order valence-electron chi connectivity index (χ1n) is 6.35. The molecule has 0 unspecified atom stereocenters. The van der Waals surface area contributed by atoms with Crippen molar-refractivity contribution in [2.24, 2.45) is 11.0 Å². The van der Waals surface area contributed by atoms with Gasteiger partial charge in [-0.1, -0.05) is 12.1 Å². The van der Waals surface area contributed by atoms with Gasteiger partial charge in [-0.2, -0.15) is 0 Å². The Balaban J connectivity index is 2.03. The molecule has 1 fully saturated rings. The van der Waals surface area contributed by atoms with Gasteiger partial charge >= 0.3 is 0 Å². The van der Waals surface area contributed by atoms with Crippen molar-refractivity contribution in [2.45, 2.75) is 0 Å². The third kappa shape index (κ3) is 1.97. The fourth-order valence-electron chi connectivity index (χ4n) is 2.51. The summed E-state index contributed by atoms with van der Waals surface area (Å²) in [5, 5.41) is 5.24. The van der Waals surface area contributed by atoms with E-state index in [0.717, 1.165) is 5.39 Å². The number of benzene rings is 1. The molecule has 20 heavy (non-hydrogen) atoms. The van der Waals surface area contributed by atoms with Crippen molar-refractivity contribution < 1.29 is 9.21 Å². The summed E-state index contributed by atoms with van der Waals surface area (Å²) in [7, 11) is 0. The van der Waals surface area contributed by atoms with Crippen LogP contribution in [-0.4, -0.2) is 37.1 Å². The van der Waals surface area contributed by atoms with Crippen LogP contribution in [0.15, 0.2) is 34.0 Å². The van der Waals surface area contributed by atoms with Gasteiger partial charge in [-0.05, 0) is 12.1 Å². The fourth-order valence-corrected chi connectivity index (χ4v) is 2.51. The van der Waals surface area contributed by atoms with Gasteiger partial charge in [0.2, 0.25) is 5.76 Å². The van der Waals surface area contributed by atoms with Crippen LogP contribution >= 0.6 is 0 Å². The number of carbonyl (C=O) groups excluding carboxylic acids is 1. The van der Waals surface area contributed by atoms with Crippen LogP contribution in [0.3, 0.4) is 0 Å². The molecule has 1 aliphatic rings. The van der Waals surface area contributed by atoms with Crippen LogP contribution in [0, 0.1) is 4.91 Å². The Labute approximate surface area is 114 Å². The number of primary amides is 1. The summed E-state index contributed by atoms with van der Waals surface area (Å²) >= 11 is 0. The first kappa shape index (κ1) is 12.5. The Kier molecular flexibility index (Phi) is 3.02. The van der Waals surface area contributed by atoms with Crippen LogP contribution in [0.2, 0.25) is 0 Å². The smallest absolute Gasteiger partial charge is 0.286 e. The van der Waals surface area contributed by atoms with Gasteiger partial charge in [0.25, 0.3) is 5.91 Å². The second-order valence-electron chi connectivity index (χ2n) is 4.66. The molecule has 3 rings (SSSR count). The maximum atomic E-state index is 11.6. The number of nitrogens with zero attached hydrogens (tertiary/aromatic N) is 3. The quantitative estimate of drug-likeness (QED) is 0.852. The van der Waals surface area contributed by atoms with E-state index in [9.17, 15) is 9.70 Å². The van der Waals surface area contributed by atoms with E-state index in [4.69, 9.17) is 10.2 Å². The monoisotopic (exact) mass is 274 g/mol. The fraction of sp³-hybridized carbons (Fsp3) is 0.308. The van der Waals surface area contributed by atoms with Crippen molar-refractivity contribution >= 4 is 22.6 Å². The van der Waals surface area contributed by atoms with Gasteiger partial charge in [-0.25, -0.2) is 0 Å². The predicted octanol–water partition coefficient (Wildman–Crippen LogP) is 1.34. The molecule has 1 amide bonds. The molecule has 0 bridgehead atoms. The van der Waals surface area contributed by atoms with E-state index >= 15 is 0 Å². The third-order valence-corrected chi connectivity index (χ3v) is 3.48. The normalized spacial score (nSPS) is 15.6. The molecule has 1 aromatic carbocycles. The molecule has 2 aromatic rings. The van der Waals surface area contributed by atoms with Gasteiger partial charge in [0.1, 0.15) is 5.58 Å². The van der Waals surface area contributed by atoms with Crippen molar-refractivity contribution in [1.29, 1.82) is 0 Å². The van der Waals surface area contributed by atoms with Crippen LogP contribution < -0.4 is 10.6 Å². The highest BCUT2D eigenvalue weighted by atomic mass is 16.3. The van der Waals surface area contributed by atoms with E-state index < -0.39 is 5.91 Å². The molecular weight excluding hydrogens is 260 g/mol. The zero-order valence-electron chi connectivity index (χ0n) is 10.8. The lowest BCUT2D eigenvalue weighted by Gasteiger charge is -2.32. The zero-order chi connectivity index (χ0) is 14.1. The first-order chi connectivity index (χ1) is 9.70. The number of carbonyl (C=O) groups is 1. The Morgan fingerprint density at radius 1 is 1.20 bits per heavy atom. The number of furan rings is 1. The molecule has 7 heteroatoms. The van der Waals surface area contributed by atoms with Gasteiger partial charge in [0, 0.05) is 18.5 Å². The van der Waals surface area contributed by atoms with Crippen molar-refractivity contribution in [3.63, 3.8) is 0 Å². The van der Waals surface area contributed by atoms with Crippen molar-refractivity contribution in [2.75, 3.05) is 31.1 Å². The average molecular weight is 274 g/mol. The summed E-state index contributed by atoms with van der Waals surface area (Å²) in [6.45, 7) is 2.22. The molecule has 0 spiro atoms. The maximum Gasteiger partial charge on any atom is 0.286 e. The average Bonchev–Trinajstić information content (AvgIpc) is 2.87. The second kappa shape index (κ2) is 4.84. The lowest BCUT2D eigenvalue weighted by molar-refractivity contribution is 0.0976. The number of nitrogens with two attached hydrogens (primary N) is 1. The number of piperazine rings is 1. The maximum absolute atomic E-state index is 11.6. The number of rotatable bonds is 3. The minimum Gasteiger partial charge on any atom is -0.449 e. The molecule has 1 saturated heterocycles. The number of hydrogen-bond donors (Lipinski definition) is 1. The minimum absolute atomic E-state index is 0.165. The molecule has 0 saturated carbocycles. The van der Waals surface area contributed by atoms with E-state index in [2.05, 4.69) is 5.29 Å². The molecule has 1 aromatic heterocycles. The molecule has 7 nitrogen and oxygen atoms in total. The van der Waals surface area contributed by atoms with E-state index in [1.54, 1.807) is 6.07 Å². The van der Waals surface area contributed by atoms with Gasteiger partial charge < -0.3 is 15.1 Å². The first-order valence-corrected chi connectivity index (χ1v) is 6.35. The SMILES string of the molecule is NC(=O)c1oc2ccccc2c1N1CCN(N=O)CC1. The summed E-state index contributed by atoms with van der Waals surface area (Å²) in [5.74, 6) is -0.425. The van der Waals surface area contributed by atoms with Crippen LogP contribution in [-0.2, 0) is 0 Å². The number of hydrogen-bond acceptors (Lipinski definition) is 5. The summed E-state index contributed by atoms with van der Waals surface area (Å²) < 4.78 is 5.55. The largest absolute Gasteiger partial charge is 0.449 e. The molecule has 1 aliphatic heterocycles. The van der Waals surface area contributed by atoms with E-state index in [-0.39, 0.29) is 5.76 Å². The summed E-state index contributed by atoms with van der Waals surface area (Å²) in [6, 6.07) is 7.42. The van der Waals surface area contributed by atoms with Crippen LogP contribution in [0.25, 0.3) is 11.0 Å². The lowest BCUT2D eigenvalue weighted by atomic mass is 10.2. The molecule has 2 N–H and O–H groups in total. The Bertz CT molecular complexity index is 659. The van der Waals surface area contributed by atoms with E-state index in [0.29, 0.717) is 37.4 Å². The minimum atomic E-state index is -0.591. The van der Waals surface area contributed by atoms with Crippen molar-refractivity contribution in [1.82, 2.24) is 5.01 Å². The predicted molar refractivity (Wildman–Crippen MR) is 74.3 cm³/mol. The van der Waals surface area contributed by atoms with Crippen LogP contribution in [0.1, 0.15) is 10.6 Å². The number of fused-ring (bicyclic) bond motifs is 1. The van der Waals surface area contributed by atoms with E-state index in [1.165, 1.54) is 5.01 Å². The zero-order valence-corrected chi connectivity index (χ0v) is 10.8. The molecule has 2 heterocycles. The summed E-state index contributed by atoms with van der Waals surface area (Å²) in [6.07, 6.45) is 0. The highest BCUT2D eigenvalue weighted by Gasteiger charge is 2.26. The molecular formula is C13H14N4O3. The molecule has 104 valence electrons. The second-order valence-corrected chi connectivity index (χ2v) is 4.66. The number of nitroso groups, excluding NO2 is 1. The van der Waals surface area contributed by atoms with Gasteiger partial charge in [0.15, 0.2) is 0 Å². The van der Waals surface area contributed by atoms with Crippen molar-refractivity contribution in [3.05, 3.63) is 34.9 Å². The van der Waals surface area contributed by atoms with Gasteiger partial charge in [-0.3, -0.25) is 9.80 Å². The van der Waals surface area contributed by atoms with E-state index in [1.807, 2.05) is 23.1 Å². The highest BCUT2D eigenvalue weighted by Crippen LogP contribution is 2.34. The van der Waals surface area contributed by atoms with Crippen LogP contribution in [0.4, 0.5) is 5.69 Å². The van der Waals surface area contributed by atoms with Crippen molar-refractivity contribution in [3.8, 4) is 0 Å². The summed E-state index contributed by atoms with van der Waals surface area (Å²) in [4.78, 5) is 24.1. The van der Waals surface area contributed by atoms with Crippen LogP contribution in [0.5, 0.6) is 0 Å². The molecule has 0 aliphatic carbocycles. The number of anilines is 1. The Hall–Kier alpha value is -2.57. The van der Waals surface area contributed by atoms with Gasteiger partial charge in [0.05, 0.1) is 24.1 Å². The lowest BCUT2D eigenvalue weighted by Crippen LogP contribution is -2.44. The Morgan fingerprint density at radius 3 is 2.55 bits per heavy atom. The number of amides is 1. The van der Waals surface area contributed by atoms with Gasteiger partial charge in [-0.15, -0.1) is 4.91 Å². The third-order valence-electron chi connectivity index (χ3n) is 3.48. The highest BCUT2D eigenvalue weighted by molar-refractivity contribution is 6.06.